The van der Waals surface area contributed by atoms with Gasteiger partial charge in [0.1, 0.15) is 16.5 Å². The lowest BCUT2D eigenvalue weighted by Crippen LogP contribution is -2.12. The average Bonchev–Trinajstić information content (AvgIpc) is 2.74. The quantitative estimate of drug-likeness (QED) is 0.264. The van der Waals surface area contributed by atoms with Crippen LogP contribution in [0.5, 0.6) is 11.5 Å². The fraction of sp³-hybridized carbons (Fsp3) is 0.0476. The smallest absolute Gasteiger partial charge is 0.343 e. The van der Waals surface area contributed by atoms with Crippen molar-refractivity contribution >= 4 is 34.9 Å². The zero-order chi connectivity index (χ0) is 21.7. The molecule has 0 saturated carbocycles. The number of hydrogen-bond donors (Lipinski definition) is 1. The lowest BCUT2D eigenvalue weighted by Gasteiger charge is -2.08. The number of amides is 1. The Kier molecular flexibility index (Phi) is 6.29. The highest BCUT2D eigenvalue weighted by Gasteiger charge is 2.18. The third-order valence-electron chi connectivity index (χ3n) is 4.05. The van der Waals surface area contributed by atoms with Crippen molar-refractivity contribution in [2.75, 3.05) is 12.4 Å². The molecule has 3 rings (SSSR count). The second kappa shape index (κ2) is 9.06. The van der Waals surface area contributed by atoms with Gasteiger partial charge in [-0.05, 0) is 60.7 Å². The van der Waals surface area contributed by atoms with Crippen molar-refractivity contribution in [1.29, 1.82) is 0 Å². The van der Waals surface area contributed by atoms with Crippen molar-refractivity contribution in [3.8, 4) is 11.5 Å². The summed E-state index contributed by atoms with van der Waals surface area (Å²) in [5.41, 5.74) is 0.539. The SMILES string of the molecule is COc1ccc(NC(=O)c2ccc(OC(=O)c3ccc(Cl)c([N+](=O)[O-])c3)cc2)cc1. The topological polar surface area (TPSA) is 108 Å². The maximum absolute atomic E-state index is 12.3. The van der Waals surface area contributed by atoms with Gasteiger partial charge in [0.2, 0.25) is 0 Å². The first-order chi connectivity index (χ1) is 14.4. The molecule has 0 saturated heterocycles. The summed E-state index contributed by atoms with van der Waals surface area (Å²) in [5, 5.41) is 13.6. The van der Waals surface area contributed by atoms with Crippen LogP contribution in [0.25, 0.3) is 0 Å². The highest BCUT2D eigenvalue weighted by Crippen LogP contribution is 2.26. The summed E-state index contributed by atoms with van der Waals surface area (Å²) in [5.74, 6) is -0.277. The van der Waals surface area contributed by atoms with E-state index < -0.39 is 16.6 Å². The third kappa shape index (κ3) is 4.92. The molecule has 0 atom stereocenters. The predicted octanol–water partition coefficient (Wildman–Crippen LogP) is 4.73. The summed E-state index contributed by atoms with van der Waals surface area (Å²) in [6.07, 6.45) is 0. The number of carbonyl (C=O) groups excluding carboxylic acids is 2. The van der Waals surface area contributed by atoms with Gasteiger partial charge in [-0.25, -0.2) is 4.79 Å². The van der Waals surface area contributed by atoms with E-state index in [9.17, 15) is 19.7 Å². The molecule has 0 spiro atoms. The number of methoxy groups -OCH3 is 1. The fourth-order valence-corrected chi connectivity index (χ4v) is 2.68. The van der Waals surface area contributed by atoms with E-state index in [0.29, 0.717) is 17.0 Å². The summed E-state index contributed by atoms with van der Waals surface area (Å²) in [6.45, 7) is 0. The molecule has 0 bridgehead atoms. The van der Waals surface area contributed by atoms with Gasteiger partial charge in [-0.15, -0.1) is 0 Å². The number of nitrogens with zero attached hydrogens (tertiary/aromatic N) is 1. The molecular weight excluding hydrogens is 412 g/mol. The second-order valence-corrected chi connectivity index (χ2v) is 6.43. The zero-order valence-electron chi connectivity index (χ0n) is 15.6. The zero-order valence-corrected chi connectivity index (χ0v) is 16.4. The molecule has 0 aliphatic rings. The van der Waals surface area contributed by atoms with Gasteiger partial charge in [0.25, 0.3) is 11.6 Å². The number of nitro benzene ring substituents is 1. The first-order valence-corrected chi connectivity index (χ1v) is 8.97. The van der Waals surface area contributed by atoms with Gasteiger partial charge in [-0.2, -0.15) is 0 Å². The summed E-state index contributed by atoms with van der Waals surface area (Å²) in [6, 6.07) is 16.4. The normalized spacial score (nSPS) is 10.2. The number of nitrogens with one attached hydrogen (secondary N) is 1. The largest absolute Gasteiger partial charge is 0.497 e. The first-order valence-electron chi connectivity index (χ1n) is 8.59. The number of benzene rings is 3. The minimum absolute atomic E-state index is 0.0209. The van der Waals surface area contributed by atoms with E-state index in [1.807, 2.05) is 0 Å². The molecule has 1 amide bonds. The van der Waals surface area contributed by atoms with Crippen molar-refractivity contribution in [3.05, 3.63) is 93.0 Å². The maximum Gasteiger partial charge on any atom is 0.343 e. The molecule has 0 heterocycles. The molecule has 0 aromatic heterocycles. The number of hydrogen-bond acceptors (Lipinski definition) is 6. The Hall–Kier alpha value is -3.91. The van der Waals surface area contributed by atoms with Gasteiger partial charge in [-0.3, -0.25) is 14.9 Å². The Morgan fingerprint density at radius 3 is 2.13 bits per heavy atom. The highest BCUT2D eigenvalue weighted by molar-refractivity contribution is 6.32. The number of halogens is 1. The summed E-state index contributed by atoms with van der Waals surface area (Å²) in [7, 11) is 1.55. The molecule has 0 radical (unpaired) electrons. The van der Waals surface area contributed by atoms with E-state index in [1.54, 1.807) is 31.4 Å². The molecule has 0 fully saturated rings. The molecule has 1 N–H and O–H groups in total. The average molecular weight is 427 g/mol. The summed E-state index contributed by atoms with van der Waals surface area (Å²) in [4.78, 5) is 34.8. The van der Waals surface area contributed by atoms with Crippen molar-refractivity contribution in [2.24, 2.45) is 0 Å². The van der Waals surface area contributed by atoms with Crippen molar-refractivity contribution in [3.63, 3.8) is 0 Å². The van der Waals surface area contributed by atoms with E-state index in [1.165, 1.54) is 36.4 Å². The number of carbonyl (C=O) groups is 2. The molecule has 8 nitrogen and oxygen atoms in total. The van der Waals surface area contributed by atoms with Crippen LogP contribution in [0.4, 0.5) is 11.4 Å². The first kappa shape index (κ1) is 20.8. The van der Waals surface area contributed by atoms with Gasteiger partial charge in [-0.1, -0.05) is 11.6 Å². The summed E-state index contributed by atoms with van der Waals surface area (Å²) < 4.78 is 10.3. The van der Waals surface area contributed by atoms with Crippen LogP contribution >= 0.6 is 11.6 Å². The van der Waals surface area contributed by atoms with E-state index >= 15 is 0 Å². The van der Waals surface area contributed by atoms with Crippen LogP contribution in [0.15, 0.2) is 66.7 Å². The molecule has 152 valence electrons. The molecule has 0 aliphatic heterocycles. The molecule has 0 aliphatic carbocycles. The van der Waals surface area contributed by atoms with Crippen molar-refractivity contribution in [1.82, 2.24) is 0 Å². The number of esters is 1. The molecular formula is C21H15ClN2O6. The van der Waals surface area contributed by atoms with Crippen molar-refractivity contribution in [2.45, 2.75) is 0 Å². The number of ether oxygens (including phenoxy) is 2. The van der Waals surface area contributed by atoms with E-state index in [-0.39, 0.29) is 22.2 Å². The van der Waals surface area contributed by atoms with Crippen LogP contribution in [0, 0.1) is 10.1 Å². The third-order valence-corrected chi connectivity index (χ3v) is 4.37. The number of anilines is 1. The molecule has 3 aromatic rings. The minimum Gasteiger partial charge on any atom is -0.497 e. The maximum atomic E-state index is 12.3. The summed E-state index contributed by atoms with van der Waals surface area (Å²) >= 11 is 5.74. The van der Waals surface area contributed by atoms with Gasteiger partial charge < -0.3 is 14.8 Å². The lowest BCUT2D eigenvalue weighted by atomic mass is 10.2. The van der Waals surface area contributed by atoms with Gasteiger partial charge in [0, 0.05) is 17.3 Å². The molecule has 9 heteroatoms. The van der Waals surface area contributed by atoms with Gasteiger partial charge in [0.15, 0.2) is 0 Å². The second-order valence-electron chi connectivity index (χ2n) is 6.02. The van der Waals surface area contributed by atoms with E-state index in [2.05, 4.69) is 5.32 Å². The Morgan fingerprint density at radius 2 is 1.53 bits per heavy atom. The molecule has 3 aromatic carbocycles. The van der Waals surface area contributed by atoms with Gasteiger partial charge >= 0.3 is 5.97 Å². The van der Waals surface area contributed by atoms with Crippen LogP contribution in [-0.2, 0) is 0 Å². The number of rotatable bonds is 6. The van der Waals surface area contributed by atoms with Gasteiger partial charge in [0.05, 0.1) is 17.6 Å². The Labute approximate surface area is 176 Å². The molecule has 30 heavy (non-hydrogen) atoms. The highest BCUT2D eigenvalue weighted by atomic mass is 35.5. The monoisotopic (exact) mass is 426 g/mol. The van der Waals surface area contributed by atoms with Crippen LogP contribution in [0.1, 0.15) is 20.7 Å². The predicted molar refractivity (Wildman–Crippen MR) is 110 cm³/mol. The standard InChI is InChI=1S/C21H15ClN2O6/c1-29-16-9-5-15(6-10-16)23-20(25)13-2-7-17(8-3-13)30-21(26)14-4-11-18(22)19(12-14)24(27)28/h2-12H,1H3,(H,23,25). The van der Waals surface area contributed by atoms with E-state index in [0.717, 1.165) is 6.07 Å². The van der Waals surface area contributed by atoms with E-state index in [4.69, 9.17) is 21.1 Å². The van der Waals surface area contributed by atoms with Crippen LogP contribution in [0.3, 0.4) is 0 Å². The molecule has 0 unspecified atom stereocenters. The Bertz CT molecular complexity index is 1100. The minimum atomic E-state index is -0.787. The Balaban J connectivity index is 1.66. The Morgan fingerprint density at radius 1 is 0.933 bits per heavy atom. The lowest BCUT2D eigenvalue weighted by molar-refractivity contribution is -0.384. The van der Waals surface area contributed by atoms with Crippen LogP contribution < -0.4 is 14.8 Å². The van der Waals surface area contributed by atoms with Crippen LogP contribution in [0.2, 0.25) is 5.02 Å². The fourth-order valence-electron chi connectivity index (χ4n) is 2.50. The number of nitro groups is 1. The van der Waals surface area contributed by atoms with Crippen molar-refractivity contribution < 1.29 is 24.0 Å². The van der Waals surface area contributed by atoms with Crippen LogP contribution in [-0.4, -0.2) is 23.9 Å².